The van der Waals surface area contributed by atoms with Crippen LogP contribution < -0.4 is 0 Å². The summed E-state index contributed by atoms with van der Waals surface area (Å²) < 4.78 is 0. The summed E-state index contributed by atoms with van der Waals surface area (Å²) in [6.45, 7) is 3.52. The predicted octanol–water partition coefficient (Wildman–Crippen LogP) is 2.68. The number of hydrogen-bond donors (Lipinski definition) is 0. The third kappa shape index (κ3) is 2.25. The van der Waals surface area contributed by atoms with Crippen LogP contribution in [0.5, 0.6) is 0 Å². The summed E-state index contributed by atoms with van der Waals surface area (Å²) >= 11 is 0. The van der Waals surface area contributed by atoms with E-state index in [0.29, 0.717) is 0 Å². The maximum absolute atomic E-state index is 5.35. The maximum atomic E-state index is 5.35. The van der Waals surface area contributed by atoms with Crippen molar-refractivity contribution < 1.29 is 19.6 Å². The van der Waals surface area contributed by atoms with E-state index in [1.54, 1.807) is 13.8 Å². The summed E-state index contributed by atoms with van der Waals surface area (Å²) in [5.74, 6) is -1.44. The second-order valence-corrected chi connectivity index (χ2v) is 4.56. The zero-order valence-electron chi connectivity index (χ0n) is 8.88. The van der Waals surface area contributed by atoms with Crippen LogP contribution in [0, 0.1) is 0 Å². The highest BCUT2D eigenvalue weighted by molar-refractivity contribution is 4.73. The number of hydrogen-bond acceptors (Lipinski definition) is 4. The van der Waals surface area contributed by atoms with Gasteiger partial charge in [0.15, 0.2) is 0 Å². The average Bonchev–Trinajstić information content (AvgIpc) is 2.37. The molecule has 82 valence electrons. The molecule has 1 saturated heterocycles. The van der Waals surface area contributed by atoms with Crippen molar-refractivity contribution in [3.05, 3.63) is 0 Å². The highest BCUT2D eigenvalue weighted by Gasteiger charge is 2.44. The standard InChI is InChI=1S/C10H18O4/c1-9(2)11-13-10(14-12-9)7-5-3-4-6-8-10/h3-8H2,1-2H3. The monoisotopic (exact) mass is 202 g/mol. The van der Waals surface area contributed by atoms with Crippen LogP contribution in [0.3, 0.4) is 0 Å². The Balaban J connectivity index is 1.96. The van der Waals surface area contributed by atoms with Gasteiger partial charge in [-0.3, -0.25) is 0 Å². The molecule has 2 rings (SSSR count). The van der Waals surface area contributed by atoms with Gasteiger partial charge in [0.05, 0.1) is 0 Å². The smallest absolute Gasteiger partial charge is 0.195 e. The van der Waals surface area contributed by atoms with Crippen molar-refractivity contribution in [3.63, 3.8) is 0 Å². The summed E-state index contributed by atoms with van der Waals surface area (Å²) in [5.41, 5.74) is 0. The first-order chi connectivity index (χ1) is 6.62. The second kappa shape index (κ2) is 3.77. The third-order valence-corrected chi connectivity index (χ3v) is 2.65. The zero-order chi connectivity index (χ0) is 10.1. The van der Waals surface area contributed by atoms with E-state index in [1.807, 2.05) is 0 Å². The van der Waals surface area contributed by atoms with Crippen LogP contribution in [0.15, 0.2) is 0 Å². The lowest BCUT2D eigenvalue weighted by Crippen LogP contribution is -2.47. The van der Waals surface area contributed by atoms with Crippen molar-refractivity contribution in [2.24, 2.45) is 0 Å². The molecule has 0 aromatic carbocycles. The Morgan fingerprint density at radius 3 is 1.71 bits per heavy atom. The van der Waals surface area contributed by atoms with Gasteiger partial charge in [-0.05, 0) is 26.7 Å². The van der Waals surface area contributed by atoms with E-state index >= 15 is 0 Å². The molecule has 0 amide bonds. The van der Waals surface area contributed by atoms with Gasteiger partial charge in [-0.1, -0.05) is 12.8 Å². The van der Waals surface area contributed by atoms with Crippen molar-refractivity contribution in [3.8, 4) is 0 Å². The first-order valence-corrected chi connectivity index (χ1v) is 5.36. The van der Waals surface area contributed by atoms with Crippen LogP contribution in [0.1, 0.15) is 52.4 Å². The minimum atomic E-state index is -0.794. The summed E-state index contributed by atoms with van der Waals surface area (Å²) in [7, 11) is 0. The van der Waals surface area contributed by atoms with Gasteiger partial charge in [0.1, 0.15) is 0 Å². The molecule has 14 heavy (non-hydrogen) atoms. The molecular weight excluding hydrogens is 184 g/mol. The van der Waals surface area contributed by atoms with Crippen molar-refractivity contribution in [1.29, 1.82) is 0 Å². The normalized spacial score (nSPS) is 31.3. The van der Waals surface area contributed by atoms with E-state index in [4.69, 9.17) is 19.6 Å². The van der Waals surface area contributed by atoms with E-state index in [2.05, 4.69) is 0 Å². The fourth-order valence-electron chi connectivity index (χ4n) is 1.81. The second-order valence-electron chi connectivity index (χ2n) is 4.56. The molecule has 2 fully saturated rings. The lowest BCUT2D eigenvalue weighted by molar-refractivity contribution is -0.652. The molecule has 4 heteroatoms. The Bertz CT molecular complexity index is 182. The summed E-state index contributed by atoms with van der Waals surface area (Å²) in [6.07, 6.45) is 6.38. The van der Waals surface area contributed by atoms with E-state index in [-0.39, 0.29) is 0 Å². The first-order valence-electron chi connectivity index (χ1n) is 5.36. The van der Waals surface area contributed by atoms with Crippen molar-refractivity contribution in [1.82, 2.24) is 0 Å². The van der Waals surface area contributed by atoms with Gasteiger partial charge in [-0.15, -0.1) is 0 Å². The maximum Gasteiger partial charge on any atom is 0.234 e. The highest BCUT2D eigenvalue weighted by Crippen LogP contribution is 2.37. The predicted molar refractivity (Wildman–Crippen MR) is 48.9 cm³/mol. The SMILES string of the molecule is CC1(C)OOC2(CCCCCC2)OO1. The molecule has 1 aliphatic carbocycles. The molecule has 0 radical (unpaired) electrons. The molecule has 0 N–H and O–H groups in total. The Morgan fingerprint density at radius 2 is 1.21 bits per heavy atom. The third-order valence-electron chi connectivity index (χ3n) is 2.65. The largest absolute Gasteiger partial charge is 0.234 e. The van der Waals surface area contributed by atoms with Crippen LogP contribution in [-0.2, 0) is 19.6 Å². The topological polar surface area (TPSA) is 36.9 Å². The lowest BCUT2D eigenvalue weighted by atomic mass is 10.1. The van der Waals surface area contributed by atoms with Gasteiger partial charge in [-0.2, -0.15) is 19.6 Å². The van der Waals surface area contributed by atoms with E-state index < -0.39 is 11.6 Å². The molecule has 0 aromatic rings. The van der Waals surface area contributed by atoms with Crippen molar-refractivity contribution in [2.75, 3.05) is 0 Å². The molecule has 1 aliphatic heterocycles. The Hall–Kier alpha value is -0.160. The molecular formula is C10H18O4. The van der Waals surface area contributed by atoms with E-state index in [1.165, 1.54) is 12.8 Å². The molecule has 1 saturated carbocycles. The quantitative estimate of drug-likeness (QED) is 0.566. The Kier molecular flexibility index (Phi) is 2.79. The number of rotatable bonds is 0. The van der Waals surface area contributed by atoms with E-state index in [0.717, 1.165) is 25.7 Å². The first kappa shape index (κ1) is 10.4. The highest BCUT2D eigenvalue weighted by atomic mass is 17.4. The van der Waals surface area contributed by atoms with Gasteiger partial charge in [0, 0.05) is 12.8 Å². The summed E-state index contributed by atoms with van der Waals surface area (Å²) in [5, 5.41) is 0. The van der Waals surface area contributed by atoms with Crippen LogP contribution in [0.2, 0.25) is 0 Å². The molecule has 0 aromatic heterocycles. The van der Waals surface area contributed by atoms with Crippen LogP contribution >= 0.6 is 0 Å². The molecule has 0 bridgehead atoms. The molecule has 4 nitrogen and oxygen atoms in total. The Morgan fingerprint density at radius 1 is 0.714 bits per heavy atom. The average molecular weight is 202 g/mol. The summed E-state index contributed by atoms with van der Waals surface area (Å²) in [4.78, 5) is 21.0. The van der Waals surface area contributed by atoms with Crippen molar-refractivity contribution in [2.45, 2.75) is 63.9 Å². The molecule has 1 spiro atoms. The molecule has 0 unspecified atom stereocenters. The molecule has 2 aliphatic rings. The van der Waals surface area contributed by atoms with Gasteiger partial charge in [0.2, 0.25) is 11.6 Å². The fourth-order valence-corrected chi connectivity index (χ4v) is 1.81. The zero-order valence-corrected chi connectivity index (χ0v) is 8.88. The van der Waals surface area contributed by atoms with Gasteiger partial charge in [-0.25, -0.2) is 0 Å². The van der Waals surface area contributed by atoms with Crippen molar-refractivity contribution >= 4 is 0 Å². The Labute approximate surface area is 84.3 Å². The van der Waals surface area contributed by atoms with Gasteiger partial charge < -0.3 is 0 Å². The van der Waals surface area contributed by atoms with Crippen LogP contribution in [0.25, 0.3) is 0 Å². The van der Waals surface area contributed by atoms with Crippen LogP contribution in [-0.4, -0.2) is 11.6 Å². The van der Waals surface area contributed by atoms with E-state index in [9.17, 15) is 0 Å². The van der Waals surface area contributed by atoms with Gasteiger partial charge in [0.25, 0.3) is 0 Å². The minimum absolute atomic E-state index is 0.647. The fraction of sp³-hybridized carbons (Fsp3) is 1.00. The van der Waals surface area contributed by atoms with Crippen LogP contribution in [0.4, 0.5) is 0 Å². The summed E-state index contributed by atoms with van der Waals surface area (Å²) in [6, 6.07) is 0. The molecule has 0 atom stereocenters. The van der Waals surface area contributed by atoms with Gasteiger partial charge >= 0.3 is 0 Å². The molecule has 1 heterocycles. The minimum Gasteiger partial charge on any atom is -0.195 e. The lowest BCUT2D eigenvalue weighted by Gasteiger charge is -2.39.